The lowest BCUT2D eigenvalue weighted by molar-refractivity contribution is 0.586. The van der Waals surface area contributed by atoms with Crippen LogP contribution >= 0.6 is 15.9 Å². The van der Waals surface area contributed by atoms with Crippen LogP contribution in [-0.4, -0.2) is 31.2 Å². The van der Waals surface area contributed by atoms with Gasteiger partial charge in [0.2, 0.25) is 0 Å². The summed E-state index contributed by atoms with van der Waals surface area (Å²) in [6, 6.07) is 8.34. The molecule has 0 bridgehead atoms. The Kier molecular flexibility index (Phi) is 2.99. The first-order valence-electron chi connectivity index (χ1n) is 5.85. The number of anilines is 1. The molecule has 0 saturated carbocycles. The van der Waals surface area contributed by atoms with Crippen LogP contribution in [0.4, 0.5) is 5.82 Å². The molecule has 2 heterocycles. The molecular formula is C13H14BrN3. The van der Waals surface area contributed by atoms with Gasteiger partial charge < -0.3 is 10.2 Å². The molecule has 1 fully saturated rings. The number of aromatic nitrogens is 1. The third-order valence-corrected chi connectivity index (χ3v) is 3.80. The van der Waals surface area contributed by atoms with Crippen LogP contribution in [0, 0.1) is 0 Å². The number of nitrogens with zero attached hydrogens (tertiary/aromatic N) is 2. The van der Waals surface area contributed by atoms with E-state index in [1.165, 1.54) is 10.8 Å². The van der Waals surface area contributed by atoms with Crippen LogP contribution in [0.5, 0.6) is 0 Å². The number of fused-ring (bicyclic) bond motifs is 1. The van der Waals surface area contributed by atoms with Crippen molar-refractivity contribution >= 4 is 32.5 Å². The van der Waals surface area contributed by atoms with E-state index in [2.05, 4.69) is 55.4 Å². The number of pyridine rings is 1. The SMILES string of the molecule is Brc1cccc2ccnc(N3CCNCC3)c12. The first-order chi connectivity index (χ1) is 8.36. The highest BCUT2D eigenvalue weighted by molar-refractivity contribution is 9.10. The predicted molar refractivity (Wildman–Crippen MR) is 74.5 cm³/mol. The van der Waals surface area contributed by atoms with Crippen molar-refractivity contribution in [2.45, 2.75) is 0 Å². The van der Waals surface area contributed by atoms with Crippen molar-refractivity contribution in [2.75, 3.05) is 31.1 Å². The Morgan fingerprint density at radius 3 is 2.82 bits per heavy atom. The van der Waals surface area contributed by atoms with Gasteiger partial charge in [-0.05, 0) is 17.5 Å². The van der Waals surface area contributed by atoms with Crippen molar-refractivity contribution in [3.8, 4) is 0 Å². The molecule has 17 heavy (non-hydrogen) atoms. The second-order valence-corrected chi connectivity index (χ2v) is 5.06. The van der Waals surface area contributed by atoms with E-state index in [0.717, 1.165) is 36.5 Å². The van der Waals surface area contributed by atoms with E-state index in [1.807, 2.05) is 6.20 Å². The van der Waals surface area contributed by atoms with Gasteiger partial charge in [-0.15, -0.1) is 0 Å². The molecule has 4 heteroatoms. The van der Waals surface area contributed by atoms with Crippen molar-refractivity contribution in [2.24, 2.45) is 0 Å². The van der Waals surface area contributed by atoms with Crippen LogP contribution < -0.4 is 10.2 Å². The van der Waals surface area contributed by atoms with Crippen LogP contribution in [0.25, 0.3) is 10.8 Å². The summed E-state index contributed by atoms with van der Waals surface area (Å²) in [4.78, 5) is 6.91. The second kappa shape index (κ2) is 4.63. The van der Waals surface area contributed by atoms with E-state index in [-0.39, 0.29) is 0 Å². The van der Waals surface area contributed by atoms with Gasteiger partial charge in [0.05, 0.1) is 0 Å². The standard InChI is InChI=1S/C13H14BrN3/c14-11-3-1-2-10-4-5-16-13(12(10)11)17-8-6-15-7-9-17/h1-5,15H,6-9H2. The maximum Gasteiger partial charge on any atom is 0.137 e. The minimum absolute atomic E-state index is 1.02. The summed E-state index contributed by atoms with van der Waals surface area (Å²) in [5, 5.41) is 5.82. The monoisotopic (exact) mass is 291 g/mol. The highest BCUT2D eigenvalue weighted by Crippen LogP contribution is 2.31. The fourth-order valence-electron chi connectivity index (χ4n) is 2.28. The number of hydrogen-bond donors (Lipinski definition) is 1. The molecule has 1 aromatic carbocycles. The summed E-state index contributed by atoms with van der Waals surface area (Å²) in [5.74, 6) is 1.09. The zero-order chi connectivity index (χ0) is 11.7. The van der Waals surface area contributed by atoms with E-state index in [1.54, 1.807) is 0 Å². The largest absolute Gasteiger partial charge is 0.354 e. The van der Waals surface area contributed by atoms with E-state index < -0.39 is 0 Å². The molecule has 3 nitrogen and oxygen atoms in total. The second-order valence-electron chi connectivity index (χ2n) is 4.21. The molecule has 2 aromatic rings. The number of benzene rings is 1. The molecule has 3 rings (SSSR count). The van der Waals surface area contributed by atoms with Gasteiger partial charge in [0, 0.05) is 42.2 Å². The Labute approximate surface area is 109 Å². The van der Waals surface area contributed by atoms with Crippen LogP contribution in [0.2, 0.25) is 0 Å². The molecule has 0 radical (unpaired) electrons. The molecule has 1 saturated heterocycles. The quantitative estimate of drug-likeness (QED) is 0.875. The van der Waals surface area contributed by atoms with Gasteiger partial charge in [0.1, 0.15) is 5.82 Å². The maximum absolute atomic E-state index is 4.56. The number of rotatable bonds is 1. The average Bonchev–Trinajstić information content (AvgIpc) is 2.39. The summed E-state index contributed by atoms with van der Waals surface area (Å²) in [7, 11) is 0. The molecule has 1 aromatic heterocycles. The Balaban J connectivity index is 2.14. The normalized spacial score (nSPS) is 16.4. The van der Waals surface area contributed by atoms with Crippen LogP contribution in [0.3, 0.4) is 0 Å². The zero-order valence-electron chi connectivity index (χ0n) is 9.49. The molecule has 88 valence electrons. The van der Waals surface area contributed by atoms with Gasteiger partial charge in [-0.3, -0.25) is 0 Å². The average molecular weight is 292 g/mol. The third-order valence-electron chi connectivity index (χ3n) is 3.14. The predicted octanol–water partition coefficient (Wildman–Crippen LogP) is 2.41. The Bertz CT molecular complexity index is 530. The minimum atomic E-state index is 1.02. The number of piperazine rings is 1. The van der Waals surface area contributed by atoms with Gasteiger partial charge in [-0.1, -0.05) is 28.1 Å². The lowest BCUT2D eigenvalue weighted by Gasteiger charge is -2.29. The Morgan fingerprint density at radius 2 is 2.00 bits per heavy atom. The van der Waals surface area contributed by atoms with E-state index >= 15 is 0 Å². The van der Waals surface area contributed by atoms with Crippen LogP contribution in [0.15, 0.2) is 34.9 Å². The Morgan fingerprint density at radius 1 is 1.18 bits per heavy atom. The van der Waals surface area contributed by atoms with Crippen molar-refractivity contribution in [3.63, 3.8) is 0 Å². The summed E-state index contributed by atoms with van der Waals surface area (Å²) in [6.07, 6.45) is 1.89. The van der Waals surface area contributed by atoms with E-state index in [0.29, 0.717) is 0 Å². The highest BCUT2D eigenvalue weighted by atomic mass is 79.9. The van der Waals surface area contributed by atoms with Gasteiger partial charge in [-0.2, -0.15) is 0 Å². The van der Waals surface area contributed by atoms with Crippen LogP contribution in [-0.2, 0) is 0 Å². The summed E-state index contributed by atoms with van der Waals surface area (Å²) >= 11 is 3.63. The highest BCUT2D eigenvalue weighted by Gasteiger charge is 2.15. The lowest BCUT2D eigenvalue weighted by Crippen LogP contribution is -2.44. The smallest absolute Gasteiger partial charge is 0.137 e. The van der Waals surface area contributed by atoms with Crippen molar-refractivity contribution in [1.29, 1.82) is 0 Å². The molecule has 1 N–H and O–H groups in total. The maximum atomic E-state index is 4.56. The first-order valence-corrected chi connectivity index (χ1v) is 6.64. The number of hydrogen-bond acceptors (Lipinski definition) is 3. The van der Waals surface area contributed by atoms with Gasteiger partial charge in [0.15, 0.2) is 0 Å². The molecule has 1 aliphatic rings. The van der Waals surface area contributed by atoms with Gasteiger partial charge in [0.25, 0.3) is 0 Å². The molecule has 0 unspecified atom stereocenters. The van der Waals surface area contributed by atoms with Crippen LogP contribution in [0.1, 0.15) is 0 Å². The molecule has 0 aliphatic carbocycles. The fourth-order valence-corrected chi connectivity index (χ4v) is 2.84. The topological polar surface area (TPSA) is 28.2 Å². The summed E-state index contributed by atoms with van der Waals surface area (Å²) < 4.78 is 1.12. The third kappa shape index (κ3) is 2.03. The number of nitrogens with one attached hydrogen (secondary N) is 1. The number of halogens is 1. The Hall–Kier alpha value is -1.13. The molecule has 0 atom stereocenters. The molecular weight excluding hydrogens is 278 g/mol. The van der Waals surface area contributed by atoms with Crippen molar-refractivity contribution in [3.05, 3.63) is 34.9 Å². The van der Waals surface area contributed by atoms with Gasteiger partial charge in [-0.25, -0.2) is 4.98 Å². The van der Waals surface area contributed by atoms with Crippen molar-refractivity contribution in [1.82, 2.24) is 10.3 Å². The van der Waals surface area contributed by atoms with E-state index in [9.17, 15) is 0 Å². The fraction of sp³-hybridized carbons (Fsp3) is 0.308. The molecule has 0 amide bonds. The lowest BCUT2D eigenvalue weighted by atomic mass is 10.1. The van der Waals surface area contributed by atoms with E-state index in [4.69, 9.17) is 0 Å². The van der Waals surface area contributed by atoms with Crippen molar-refractivity contribution < 1.29 is 0 Å². The minimum Gasteiger partial charge on any atom is -0.354 e. The summed E-state index contributed by atoms with van der Waals surface area (Å²) in [6.45, 7) is 4.10. The summed E-state index contributed by atoms with van der Waals surface area (Å²) in [5.41, 5.74) is 0. The first kappa shape index (κ1) is 11.0. The zero-order valence-corrected chi connectivity index (χ0v) is 11.1. The van der Waals surface area contributed by atoms with Gasteiger partial charge >= 0.3 is 0 Å². The molecule has 0 spiro atoms. The molecule has 1 aliphatic heterocycles.